The highest BCUT2D eigenvalue weighted by atomic mass is 32.2. The van der Waals surface area contributed by atoms with E-state index in [9.17, 15) is 12.8 Å². The molecule has 0 aromatic heterocycles. The number of sulfone groups is 1. The fourth-order valence-corrected chi connectivity index (χ4v) is 3.10. The monoisotopic (exact) mass is 272 g/mol. The first-order valence-corrected chi connectivity index (χ1v) is 7.75. The highest BCUT2D eigenvalue weighted by Gasteiger charge is 2.22. The number of hydrogen-bond donors (Lipinski definition) is 1. The lowest BCUT2D eigenvalue weighted by Crippen LogP contribution is -2.49. The lowest BCUT2D eigenvalue weighted by Gasteiger charge is -2.34. The Bertz CT molecular complexity index is 545. The summed E-state index contributed by atoms with van der Waals surface area (Å²) < 4.78 is 36.7. The van der Waals surface area contributed by atoms with Crippen LogP contribution in [0.1, 0.15) is 6.92 Å². The molecule has 100 valence electrons. The van der Waals surface area contributed by atoms with Gasteiger partial charge in [-0.15, -0.1) is 0 Å². The summed E-state index contributed by atoms with van der Waals surface area (Å²) in [6.07, 6.45) is 1.11. The summed E-state index contributed by atoms with van der Waals surface area (Å²) in [5.41, 5.74) is 0.590. The average Bonchev–Trinajstić information content (AvgIpc) is 2.27. The largest absolute Gasteiger partial charge is 0.368 e. The number of nitrogens with one attached hydrogen (secondary N) is 1. The molecular formula is C12H17FN2O2S. The van der Waals surface area contributed by atoms with Crippen molar-refractivity contribution in [2.24, 2.45) is 0 Å². The third-order valence-electron chi connectivity index (χ3n) is 3.03. The van der Waals surface area contributed by atoms with Crippen molar-refractivity contribution in [3.63, 3.8) is 0 Å². The summed E-state index contributed by atoms with van der Waals surface area (Å²) in [5, 5.41) is 3.29. The number of hydrogen-bond acceptors (Lipinski definition) is 4. The molecule has 1 aromatic rings. The molecule has 6 heteroatoms. The van der Waals surface area contributed by atoms with E-state index in [1.807, 2.05) is 11.8 Å². The van der Waals surface area contributed by atoms with Crippen LogP contribution in [-0.4, -0.2) is 40.3 Å². The molecule has 1 saturated heterocycles. The Kier molecular flexibility index (Phi) is 3.59. The summed E-state index contributed by atoms with van der Waals surface area (Å²) >= 11 is 0. The van der Waals surface area contributed by atoms with Crippen LogP contribution in [0.4, 0.5) is 10.1 Å². The van der Waals surface area contributed by atoms with Gasteiger partial charge in [-0.1, -0.05) is 0 Å². The van der Waals surface area contributed by atoms with Crippen molar-refractivity contribution in [2.75, 3.05) is 30.8 Å². The minimum Gasteiger partial charge on any atom is -0.368 e. The van der Waals surface area contributed by atoms with Gasteiger partial charge in [0.05, 0.1) is 10.6 Å². The number of anilines is 1. The van der Waals surface area contributed by atoms with E-state index in [-0.39, 0.29) is 10.9 Å². The van der Waals surface area contributed by atoms with Crippen LogP contribution in [0.3, 0.4) is 0 Å². The van der Waals surface area contributed by atoms with E-state index in [0.717, 1.165) is 25.4 Å². The number of benzene rings is 1. The molecule has 0 amide bonds. The molecule has 18 heavy (non-hydrogen) atoms. The minimum absolute atomic E-state index is 0.0663. The van der Waals surface area contributed by atoms with E-state index in [1.165, 1.54) is 6.07 Å². The van der Waals surface area contributed by atoms with Gasteiger partial charge < -0.3 is 10.2 Å². The molecule has 1 atom stereocenters. The highest BCUT2D eigenvalue weighted by molar-refractivity contribution is 7.90. The number of rotatable bonds is 2. The van der Waals surface area contributed by atoms with Crippen LogP contribution in [-0.2, 0) is 9.84 Å². The van der Waals surface area contributed by atoms with Gasteiger partial charge in [-0.25, -0.2) is 12.8 Å². The topological polar surface area (TPSA) is 49.4 Å². The van der Waals surface area contributed by atoms with Crippen molar-refractivity contribution in [2.45, 2.75) is 17.9 Å². The molecule has 0 spiro atoms. The molecule has 1 aliphatic rings. The third-order valence-corrected chi connectivity index (χ3v) is 4.16. The minimum atomic E-state index is -3.42. The molecule has 0 unspecified atom stereocenters. The zero-order valence-electron chi connectivity index (χ0n) is 10.5. The molecule has 0 aliphatic carbocycles. The summed E-state index contributed by atoms with van der Waals surface area (Å²) in [5.74, 6) is -0.526. The van der Waals surface area contributed by atoms with Crippen LogP contribution in [0.5, 0.6) is 0 Å². The van der Waals surface area contributed by atoms with E-state index in [2.05, 4.69) is 5.32 Å². The van der Waals surface area contributed by atoms with Crippen molar-refractivity contribution in [3.05, 3.63) is 24.0 Å². The molecule has 1 aliphatic heterocycles. The van der Waals surface area contributed by atoms with Crippen LogP contribution < -0.4 is 10.2 Å². The van der Waals surface area contributed by atoms with Crippen molar-refractivity contribution in [3.8, 4) is 0 Å². The fraction of sp³-hybridized carbons (Fsp3) is 0.500. The Balaban J connectivity index is 2.44. The van der Waals surface area contributed by atoms with Gasteiger partial charge in [0.1, 0.15) is 5.82 Å². The van der Waals surface area contributed by atoms with Crippen LogP contribution in [0.2, 0.25) is 0 Å². The van der Waals surface area contributed by atoms with E-state index in [0.29, 0.717) is 12.2 Å². The van der Waals surface area contributed by atoms with Gasteiger partial charge in [0.25, 0.3) is 0 Å². The van der Waals surface area contributed by atoms with Gasteiger partial charge in [0, 0.05) is 31.9 Å². The Morgan fingerprint density at radius 3 is 2.78 bits per heavy atom. The van der Waals surface area contributed by atoms with Crippen molar-refractivity contribution in [1.82, 2.24) is 5.32 Å². The third kappa shape index (κ3) is 2.81. The number of halogens is 1. The van der Waals surface area contributed by atoms with Crippen LogP contribution in [0.25, 0.3) is 0 Å². The molecule has 1 aromatic carbocycles. The fourth-order valence-electron chi connectivity index (χ4n) is 2.20. The summed E-state index contributed by atoms with van der Waals surface area (Å²) in [6, 6.07) is 4.23. The molecule has 2 rings (SSSR count). The Morgan fingerprint density at radius 1 is 1.44 bits per heavy atom. The maximum atomic E-state index is 13.2. The van der Waals surface area contributed by atoms with E-state index in [4.69, 9.17) is 0 Å². The first-order valence-electron chi connectivity index (χ1n) is 5.86. The van der Waals surface area contributed by atoms with Crippen LogP contribution in [0.15, 0.2) is 23.1 Å². The average molecular weight is 272 g/mol. The molecular weight excluding hydrogens is 255 g/mol. The molecule has 0 radical (unpaired) electrons. The lowest BCUT2D eigenvalue weighted by atomic mass is 10.2. The predicted molar refractivity (Wildman–Crippen MR) is 69.2 cm³/mol. The molecule has 0 bridgehead atoms. The number of piperazine rings is 1. The predicted octanol–water partition coefficient (Wildman–Crippen LogP) is 1.03. The van der Waals surface area contributed by atoms with Gasteiger partial charge in [-0.05, 0) is 25.1 Å². The van der Waals surface area contributed by atoms with E-state index < -0.39 is 15.7 Å². The van der Waals surface area contributed by atoms with Crippen molar-refractivity contribution >= 4 is 15.5 Å². The smallest absolute Gasteiger partial charge is 0.177 e. The Morgan fingerprint density at radius 2 is 2.17 bits per heavy atom. The van der Waals surface area contributed by atoms with Crippen LogP contribution >= 0.6 is 0 Å². The Hall–Kier alpha value is -1.14. The second-order valence-electron chi connectivity index (χ2n) is 4.69. The number of nitrogens with zero attached hydrogens (tertiary/aromatic N) is 1. The Labute approximate surface area is 107 Å². The van der Waals surface area contributed by atoms with Crippen molar-refractivity contribution < 1.29 is 12.8 Å². The zero-order chi connectivity index (χ0) is 13.3. The quantitative estimate of drug-likeness (QED) is 0.873. The SMILES string of the molecule is C[C@@H]1CN(c2ccc(F)cc2S(C)(=O)=O)CCN1. The van der Waals surface area contributed by atoms with Crippen LogP contribution in [0, 0.1) is 5.82 Å². The summed E-state index contributed by atoms with van der Waals surface area (Å²) in [7, 11) is -3.42. The zero-order valence-corrected chi connectivity index (χ0v) is 11.3. The van der Waals surface area contributed by atoms with Gasteiger partial charge >= 0.3 is 0 Å². The summed E-state index contributed by atoms with van der Waals surface area (Å²) in [4.78, 5) is 2.05. The standard InChI is InChI=1S/C12H17FN2O2S/c1-9-8-15(6-5-14-9)11-4-3-10(13)7-12(11)18(2,16)17/h3-4,7,9,14H,5-6,8H2,1-2H3/t9-/m1/s1. The molecule has 1 N–H and O–H groups in total. The maximum Gasteiger partial charge on any atom is 0.177 e. The highest BCUT2D eigenvalue weighted by Crippen LogP contribution is 2.27. The molecule has 1 heterocycles. The van der Waals surface area contributed by atoms with Crippen molar-refractivity contribution in [1.29, 1.82) is 0 Å². The normalized spacial score (nSPS) is 21.1. The first-order chi connectivity index (χ1) is 8.38. The van der Waals surface area contributed by atoms with E-state index >= 15 is 0 Å². The second-order valence-corrected chi connectivity index (χ2v) is 6.67. The van der Waals surface area contributed by atoms with Gasteiger partial charge in [0.15, 0.2) is 9.84 Å². The molecule has 1 fully saturated rings. The van der Waals surface area contributed by atoms with E-state index in [1.54, 1.807) is 6.07 Å². The van der Waals surface area contributed by atoms with Gasteiger partial charge in [-0.2, -0.15) is 0 Å². The second kappa shape index (κ2) is 4.85. The maximum absolute atomic E-state index is 13.2. The van der Waals surface area contributed by atoms with Gasteiger partial charge in [0.2, 0.25) is 0 Å². The van der Waals surface area contributed by atoms with Gasteiger partial charge in [-0.3, -0.25) is 0 Å². The lowest BCUT2D eigenvalue weighted by molar-refractivity contribution is 0.482. The molecule has 4 nitrogen and oxygen atoms in total. The summed E-state index contributed by atoms with van der Waals surface area (Å²) in [6.45, 7) is 4.27. The molecule has 0 saturated carbocycles. The first kappa shape index (κ1) is 13.3.